The van der Waals surface area contributed by atoms with Crippen LogP contribution >= 0.6 is 0 Å². The standard InChI is InChI=1S/C10H18O2/c1-6-4-5-7-8(11)9(6)12-10(7,2)3/h6-9,11H,4-5H2,1-3H3/t6-,7+,8-,9-/m0/s1. The molecule has 1 saturated carbocycles. The number of hydrogen-bond donors (Lipinski definition) is 1. The summed E-state index contributed by atoms with van der Waals surface area (Å²) in [6.07, 6.45) is 2.20. The summed E-state index contributed by atoms with van der Waals surface area (Å²) in [6, 6.07) is 0. The highest BCUT2D eigenvalue weighted by molar-refractivity contribution is 5.01. The maximum atomic E-state index is 9.89. The van der Waals surface area contributed by atoms with Crippen molar-refractivity contribution in [2.45, 2.75) is 51.4 Å². The molecule has 4 atom stereocenters. The summed E-state index contributed by atoms with van der Waals surface area (Å²) < 4.78 is 5.85. The molecule has 1 N–H and O–H groups in total. The minimum absolute atomic E-state index is 0.0961. The zero-order valence-corrected chi connectivity index (χ0v) is 8.08. The highest BCUT2D eigenvalue weighted by Gasteiger charge is 2.52. The van der Waals surface area contributed by atoms with Crippen molar-refractivity contribution in [3.05, 3.63) is 0 Å². The van der Waals surface area contributed by atoms with Gasteiger partial charge in [-0.25, -0.2) is 0 Å². The molecule has 0 aromatic rings. The first-order valence-electron chi connectivity index (χ1n) is 4.88. The van der Waals surface area contributed by atoms with Crippen LogP contribution in [0.2, 0.25) is 0 Å². The molecule has 0 aromatic heterocycles. The fourth-order valence-electron chi connectivity index (χ4n) is 2.73. The molecule has 12 heavy (non-hydrogen) atoms. The van der Waals surface area contributed by atoms with Crippen molar-refractivity contribution in [3.8, 4) is 0 Å². The molecule has 0 aromatic carbocycles. The Morgan fingerprint density at radius 3 is 2.58 bits per heavy atom. The van der Waals surface area contributed by atoms with Crippen molar-refractivity contribution < 1.29 is 9.84 Å². The zero-order valence-electron chi connectivity index (χ0n) is 8.08. The molecule has 2 rings (SSSR count). The maximum Gasteiger partial charge on any atom is 0.0870 e. The number of ether oxygens (including phenoxy) is 1. The molecule has 2 aliphatic rings. The number of aliphatic hydroxyl groups is 1. The van der Waals surface area contributed by atoms with Crippen molar-refractivity contribution in [1.29, 1.82) is 0 Å². The van der Waals surface area contributed by atoms with Crippen LogP contribution in [0, 0.1) is 11.8 Å². The van der Waals surface area contributed by atoms with Crippen LogP contribution in [0.3, 0.4) is 0 Å². The van der Waals surface area contributed by atoms with Gasteiger partial charge in [-0.05, 0) is 32.6 Å². The van der Waals surface area contributed by atoms with Crippen molar-refractivity contribution >= 4 is 0 Å². The van der Waals surface area contributed by atoms with Crippen molar-refractivity contribution in [3.63, 3.8) is 0 Å². The molecule has 1 aliphatic carbocycles. The van der Waals surface area contributed by atoms with Crippen molar-refractivity contribution in [2.24, 2.45) is 11.8 Å². The van der Waals surface area contributed by atoms with Crippen LogP contribution in [0.1, 0.15) is 33.6 Å². The number of hydrogen-bond acceptors (Lipinski definition) is 2. The Hall–Kier alpha value is -0.0800. The third-order valence-electron chi connectivity index (χ3n) is 3.58. The monoisotopic (exact) mass is 170 g/mol. The van der Waals surface area contributed by atoms with Gasteiger partial charge in [0.05, 0.1) is 17.8 Å². The van der Waals surface area contributed by atoms with E-state index < -0.39 is 0 Å². The second-order valence-corrected chi connectivity index (χ2v) is 4.84. The molecule has 2 bridgehead atoms. The second kappa shape index (κ2) is 2.46. The average molecular weight is 170 g/mol. The molecule has 70 valence electrons. The van der Waals surface area contributed by atoms with E-state index in [0.29, 0.717) is 11.8 Å². The van der Waals surface area contributed by atoms with Gasteiger partial charge in [0, 0.05) is 5.92 Å². The van der Waals surface area contributed by atoms with Crippen molar-refractivity contribution in [1.82, 2.24) is 0 Å². The molecular formula is C10H18O2. The van der Waals surface area contributed by atoms with E-state index in [4.69, 9.17) is 4.74 Å². The van der Waals surface area contributed by atoms with E-state index in [1.165, 1.54) is 6.42 Å². The van der Waals surface area contributed by atoms with E-state index in [-0.39, 0.29) is 17.8 Å². The molecule has 1 saturated heterocycles. The van der Waals surface area contributed by atoms with Crippen LogP contribution in [0.4, 0.5) is 0 Å². The summed E-state index contributed by atoms with van der Waals surface area (Å²) in [5.74, 6) is 0.886. The summed E-state index contributed by atoms with van der Waals surface area (Å²) >= 11 is 0. The summed E-state index contributed by atoms with van der Waals surface area (Å²) in [5.41, 5.74) is -0.102. The lowest BCUT2D eigenvalue weighted by molar-refractivity contribution is -0.0540. The number of aliphatic hydroxyl groups excluding tert-OH is 1. The Balaban J connectivity index is 2.24. The smallest absolute Gasteiger partial charge is 0.0870 e. The predicted molar refractivity (Wildman–Crippen MR) is 46.8 cm³/mol. The molecule has 0 unspecified atom stereocenters. The molecule has 0 spiro atoms. The molecule has 1 heterocycles. The number of fused-ring (bicyclic) bond motifs is 2. The van der Waals surface area contributed by atoms with Gasteiger partial charge in [0.15, 0.2) is 0 Å². The molecule has 1 aliphatic heterocycles. The van der Waals surface area contributed by atoms with Gasteiger partial charge < -0.3 is 9.84 Å². The van der Waals surface area contributed by atoms with Gasteiger partial charge in [0.1, 0.15) is 0 Å². The molecular weight excluding hydrogens is 152 g/mol. The van der Waals surface area contributed by atoms with Gasteiger partial charge in [0.25, 0.3) is 0 Å². The first-order valence-corrected chi connectivity index (χ1v) is 4.88. The molecule has 2 fully saturated rings. The molecule has 0 radical (unpaired) electrons. The topological polar surface area (TPSA) is 29.5 Å². The van der Waals surface area contributed by atoms with Crippen LogP contribution in [0.25, 0.3) is 0 Å². The lowest BCUT2D eigenvalue weighted by Gasteiger charge is -2.30. The Labute approximate surface area is 73.9 Å². The molecule has 2 nitrogen and oxygen atoms in total. The SMILES string of the molecule is C[C@H]1CC[C@@H]2[C@H](O)[C@H]1OC2(C)C. The molecule has 0 amide bonds. The first-order chi connectivity index (χ1) is 5.52. The van der Waals surface area contributed by atoms with Gasteiger partial charge in [-0.15, -0.1) is 0 Å². The average Bonchev–Trinajstić information content (AvgIpc) is 2.09. The lowest BCUT2D eigenvalue weighted by atomic mass is 9.75. The Morgan fingerprint density at radius 1 is 1.33 bits per heavy atom. The summed E-state index contributed by atoms with van der Waals surface area (Å²) in [5, 5.41) is 9.89. The minimum atomic E-state index is -0.219. The van der Waals surface area contributed by atoms with E-state index in [1.807, 2.05) is 0 Å². The Morgan fingerprint density at radius 2 is 2.00 bits per heavy atom. The van der Waals surface area contributed by atoms with Gasteiger partial charge in [-0.1, -0.05) is 6.92 Å². The second-order valence-electron chi connectivity index (χ2n) is 4.84. The van der Waals surface area contributed by atoms with E-state index in [1.54, 1.807) is 0 Å². The minimum Gasteiger partial charge on any atom is -0.390 e. The Kier molecular flexibility index (Phi) is 1.74. The van der Waals surface area contributed by atoms with Gasteiger partial charge in [-0.2, -0.15) is 0 Å². The van der Waals surface area contributed by atoms with E-state index in [9.17, 15) is 5.11 Å². The fraction of sp³-hybridized carbons (Fsp3) is 1.00. The van der Waals surface area contributed by atoms with Crippen LogP contribution in [0.5, 0.6) is 0 Å². The Bertz CT molecular complexity index is 188. The number of rotatable bonds is 0. The quantitative estimate of drug-likeness (QED) is 0.598. The molecule has 2 heteroatoms. The van der Waals surface area contributed by atoms with Crippen LogP contribution in [-0.2, 0) is 4.74 Å². The highest BCUT2D eigenvalue weighted by Crippen LogP contribution is 2.46. The fourth-order valence-corrected chi connectivity index (χ4v) is 2.73. The normalized spacial score (nSPS) is 51.0. The predicted octanol–water partition coefficient (Wildman–Crippen LogP) is 1.57. The van der Waals surface area contributed by atoms with Gasteiger partial charge in [0.2, 0.25) is 0 Å². The summed E-state index contributed by atoms with van der Waals surface area (Å²) in [7, 11) is 0. The summed E-state index contributed by atoms with van der Waals surface area (Å²) in [4.78, 5) is 0. The third kappa shape index (κ3) is 1.01. The first kappa shape index (κ1) is 8.52. The third-order valence-corrected chi connectivity index (χ3v) is 3.58. The van der Waals surface area contributed by atoms with Crippen molar-refractivity contribution in [2.75, 3.05) is 0 Å². The van der Waals surface area contributed by atoms with E-state index in [2.05, 4.69) is 20.8 Å². The van der Waals surface area contributed by atoms with Crippen LogP contribution < -0.4 is 0 Å². The van der Waals surface area contributed by atoms with Crippen LogP contribution in [-0.4, -0.2) is 22.9 Å². The van der Waals surface area contributed by atoms with Crippen LogP contribution in [0.15, 0.2) is 0 Å². The van der Waals surface area contributed by atoms with Gasteiger partial charge in [-0.3, -0.25) is 0 Å². The zero-order chi connectivity index (χ0) is 8.93. The van der Waals surface area contributed by atoms with E-state index in [0.717, 1.165) is 6.42 Å². The lowest BCUT2D eigenvalue weighted by Crippen LogP contribution is -2.37. The summed E-state index contributed by atoms with van der Waals surface area (Å²) in [6.45, 7) is 6.36. The van der Waals surface area contributed by atoms with Gasteiger partial charge >= 0.3 is 0 Å². The largest absolute Gasteiger partial charge is 0.390 e. The highest BCUT2D eigenvalue weighted by atomic mass is 16.5. The van der Waals surface area contributed by atoms with E-state index >= 15 is 0 Å². The maximum absolute atomic E-state index is 9.89.